The highest BCUT2D eigenvalue weighted by atomic mass is 32.2. The Balaban J connectivity index is 2.54. The van der Waals surface area contributed by atoms with Gasteiger partial charge in [-0.2, -0.15) is 11.8 Å². The van der Waals surface area contributed by atoms with Crippen LogP contribution in [0.1, 0.15) is 156 Å². The van der Waals surface area contributed by atoms with Crippen molar-refractivity contribution in [3.8, 4) is 5.75 Å². The van der Waals surface area contributed by atoms with Crippen molar-refractivity contribution in [2.75, 3.05) is 38.2 Å². The van der Waals surface area contributed by atoms with Gasteiger partial charge in [0, 0.05) is 25.8 Å². The fourth-order valence-electron chi connectivity index (χ4n) is 12.4. The van der Waals surface area contributed by atoms with E-state index in [1.807, 2.05) is 0 Å². The zero-order valence-corrected chi connectivity index (χ0v) is 73.2. The second-order valence-corrected chi connectivity index (χ2v) is 32.2. The number of aliphatic hydroxyl groups is 2. The van der Waals surface area contributed by atoms with E-state index < -0.39 is 273 Å². The highest BCUT2D eigenvalue weighted by Gasteiger charge is 2.40. The maximum Gasteiger partial charge on any atom is 0.328 e. The number of aliphatic hydroxyl groups excluding tert-OH is 2. The van der Waals surface area contributed by atoms with Crippen LogP contribution in [0.25, 0.3) is 0 Å². The first kappa shape index (κ1) is 111. The summed E-state index contributed by atoms with van der Waals surface area (Å²) in [5.41, 5.74) is 29.5. The van der Waals surface area contributed by atoms with E-state index in [1.54, 1.807) is 71.2 Å². The normalized spacial score (nSPS) is 14.9. The molecule has 47 heteroatoms. The monoisotopic (exact) mass is 1810 g/mol. The zero-order chi connectivity index (χ0) is 95.9. The van der Waals surface area contributed by atoms with E-state index in [0.29, 0.717) is 11.1 Å². The number of unbranched alkanes of at least 4 members (excludes halogenated alkanes) is 1. The lowest BCUT2D eigenvalue weighted by atomic mass is 9.97. The molecule has 2 rings (SSSR count). The molecule has 0 radical (unpaired) electrons. The van der Waals surface area contributed by atoms with Crippen LogP contribution in [0.5, 0.6) is 5.75 Å². The molecule has 0 unspecified atom stereocenters. The van der Waals surface area contributed by atoms with Crippen molar-refractivity contribution in [2.45, 2.75) is 248 Å². The quantitative estimate of drug-likeness (QED) is 0.0166. The fraction of sp³-hybridized carbons (Fsp3) is 0.600. The summed E-state index contributed by atoms with van der Waals surface area (Å²) in [5.74, 6) is -24.0. The van der Waals surface area contributed by atoms with Gasteiger partial charge in [0.15, 0.2) is 12.0 Å². The maximum absolute atomic E-state index is 14.7. The number of carboxylic acids is 3. The number of primary amides is 2. The Labute approximate surface area is 738 Å². The van der Waals surface area contributed by atoms with Crippen LogP contribution in [0.4, 0.5) is 0 Å². The summed E-state index contributed by atoms with van der Waals surface area (Å²) in [6.07, 6.45) is -5.33. The summed E-state index contributed by atoms with van der Waals surface area (Å²) in [6, 6.07) is -9.44. The van der Waals surface area contributed by atoms with Crippen LogP contribution in [0.15, 0.2) is 54.6 Å². The molecular formula is C80H127N21O25S. The predicted molar refractivity (Wildman–Crippen MR) is 459 cm³/mol. The number of amides is 16. The third-order valence-electron chi connectivity index (χ3n) is 19.5. The number of carbonyl (C=O) groups excluding carboxylic acids is 16. The van der Waals surface area contributed by atoms with E-state index in [9.17, 15) is 122 Å². The molecule has 0 aliphatic rings. The molecule has 0 bridgehead atoms. The average Bonchev–Trinajstić information content (AvgIpc) is 0.854. The van der Waals surface area contributed by atoms with Crippen molar-refractivity contribution < 1.29 is 122 Å². The molecule has 0 aliphatic heterocycles. The van der Waals surface area contributed by atoms with Crippen LogP contribution in [0.2, 0.25) is 0 Å². The first-order chi connectivity index (χ1) is 59.7. The molecule has 46 nitrogen and oxygen atoms in total. The number of carboxylic acid groups (broad SMARTS) is 3. The Morgan fingerprint density at radius 1 is 0.433 bits per heavy atom. The van der Waals surface area contributed by atoms with Crippen LogP contribution in [0.3, 0.4) is 0 Å². The lowest BCUT2D eigenvalue weighted by molar-refractivity contribution is -0.145. The number of nitrogens with one attached hydrogen (secondary N) is 16. The summed E-state index contributed by atoms with van der Waals surface area (Å²) in [6.45, 7) is 9.05. The number of thioether (sulfide) groups is 1. The molecule has 0 saturated carbocycles. The Bertz CT molecular complexity index is 4060. The Kier molecular flexibility index (Phi) is 50.6. The number of aliphatic carboxylic acids is 3. The van der Waals surface area contributed by atoms with E-state index in [4.69, 9.17) is 34.1 Å². The first-order valence-corrected chi connectivity index (χ1v) is 42.7. The van der Waals surface area contributed by atoms with Crippen LogP contribution in [-0.4, -0.2) is 278 Å². The van der Waals surface area contributed by atoms with Gasteiger partial charge in [-0.3, -0.25) is 91.7 Å². The molecule has 0 aromatic heterocycles. The van der Waals surface area contributed by atoms with Gasteiger partial charge in [-0.05, 0) is 137 Å². The van der Waals surface area contributed by atoms with Crippen LogP contribution >= 0.6 is 11.8 Å². The van der Waals surface area contributed by atoms with Gasteiger partial charge in [0.1, 0.15) is 78.3 Å². The summed E-state index contributed by atoms with van der Waals surface area (Å²) in [5, 5.41) is 103. The molecule has 2 aromatic rings. The third-order valence-corrected chi connectivity index (χ3v) is 20.1. The minimum absolute atomic E-state index is 0.0282. The van der Waals surface area contributed by atoms with Crippen molar-refractivity contribution in [1.29, 1.82) is 5.41 Å². The molecular weight excluding hydrogens is 1690 g/mol. The Hall–Kier alpha value is -12.4. The van der Waals surface area contributed by atoms with Gasteiger partial charge in [-0.15, -0.1) is 0 Å². The molecule has 127 heavy (non-hydrogen) atoms. The molecule has 32 N–H and O–H groups in total. The highest BCUT2D eigenvalue weighted by molar-refractivity contribution is 7.98. The molecule has 708 valence electrons. The summed E-state index contributed by atoms with van der Waals surface area (Å²) < 4.78 is 0. The van der Waals surface area contributed by atoms with Gasteiger partial charge in [0.2, 0.25) is 94.5 Å². The van der Waals surface area contributed by atoms with Crippen LogP contribution < -0.4 is 108 Å². The van der Waals surface area contributed by atoms with E-state index in [-0.39, 0.29) is 101 Å². The molecule has 0 heterocycles. The van der Waals surface area contributed by atoms with E-state index in [1.165, 1.54) is 43.0 Å². The number of hydrogen-bond acceptors (Lipinski definition) is 26. The molecule has 0 aliphatic carbocycles. The molecule has 2 aromatic carbocycles. The zero-order valence-electron chi connectivity index (χ0n) is 72.4. The predicted octanol–water partition coefficient (Wildman–Crippen LogP) is -6.85. The summed E-state index contributed by atoms with van der Waals surface area (Å²) in [4.78, 5) is 259. The molecule has 16 amide bonds. The average molecular weight is 1820 g/mol. The summed E-state index contributed by atoms with van der Waals surface area (Å²) >= 11 is 1.24. The first-order valence-electron chi connectivity index (χ1n) is 41.3. The largest absolute Gasteiger partial charge is 0.508 e. The van der Waals surface area contributed by atoms with Crippen molar-refractivity contribution in [3.63, 3.8) is 0 Å². The number of guanidine groups is 1. The Morgan fingerprint density at radius 3 is 1.31 bits per heavy atom. The van der Waals surface area contributed by atoms with E-state index >= 15 is 0 Å². The number of benzene rings is 2. The van der Waals surface area contributed by atoms with Gasteiger partial charge in [0.05, 0.1) is 38.1 Å². The number of phenolic OH excluding ortho intramolecular Hbond substituents is 1. The second-order valence-electron chi connectivity index (χ2n) is 31.2. The lowest BCUT2D eigenvalue weighted by Crippen LogP contribution is -2.61. The second kappa shape index (κ2) is 58.0. The van der Waals surface area contributed by atoms with Gasteiger partial charge < -0.3 is 139 Å². The van der Waals surface area contributed by atoms with Crippen molar-refractivity contribution in [2.24, 2.45) is 46.4 Å². The van der Waals surface area contributed by atoms with Gasteiger partial charge in [-0.1, -0.05) is 90.4 Å². The standard InChI is InChI=1S/C80H127N21O25S/c1-9-42(6)64(78(124)98-57(37-63(110)111)76(122)93-52(28-31-127-8)72(118)101-65(43(7)103)79(125)126)100-61(107)38-88-67(113)55(35-44-16-11-10-12-17-44)96-73(119)53(32-40(2)3)94-69(115)48(18-13-14-29-81)89-75(121)56(36-60(84)106)97-74(120)54(33-41(4)5)95-71(117)50(24-26-59(83)105)91-70(116)51(25-27-62(108)109)92-68(114)49(19-15-30-87-80(85)86)90-77(123)58(39-102)99-66(112)47(82)34-45-20-22-46(104)23-21-45/h10-12,16-17,20-23,40-43,47-58,64-65,102-104H,9,13-15,18-19,24-39,81-82H2,1-8H3,(H2,83,105)(H2,84,106)(H,88,113)(H,89,121)(H,90,123)(H,91,116)(H,92,114)(H,93,122)(H,94,115)(H,95,117)(H,96,119)(H,97,120)(H,98,124)(H,99,112)(H,100,107)(H,101,118)(H,108,109)(H,110,111)(H,125,126)(H4,85,86,87)/t42-,43+,47-,48-,49-,50-,51-,52-,53-,54-,55-,56-,57-,58-,64-,65-/m0/s1. The van der Waals surface area contributed by atoms with Crippen LogP contribution in [0, 0.1) is 23.2 Å². The molecule has 0 spiro atoms. The van der Waals surface area contributed by atoms with E-state index in [0.717, 1.165) is 6.92 Å². The van der Waals surface area contributed by atoms with E-state index in [2.05, 4.69) is 79.8 Å². The van der Waals surface area contributed by atoms with Crippen molar-refractivity contribution in [1.82, 2.24) is 79.8 Å². The highest BCUT2D eigenvalue weighted by Crippen LogP contribution is 2.17. The number of aromatic hydroxyl groups is 1. The smallest absolute Gasteiger partial charge is 0.328 e. The molecule has 0 saturated heterocycles. The maximum atomic E-state index is 14.7. The summed E-state index contributed by atoms with van der Waals surface area (Å²) in [7, 11) is 0. The van der Waals surface area contributed by atoms with Crippen molar-refractivity contribution in [3.05, 3.63) is 65.7 Å². The minimum atomic E-state index is -1.93. The SMILES string of the molecule is CC[C@H](C)[C@H](NC(=O)CNC(=O)[C@H](Cc1ccccc1)NC(=O)[C@H](CC(C)C)NC(=O)[C@H](CCCCN)NC(=O)[C@H](CC(N)=O)NC(=O)[C@H](CC(C)C)NC(=O)[C@H](CCC(N)=O)NC(=O)[C@H](CCC(=O)O)NC(=O)[C@H](CCCNC(=N)N)NC(=O)[C@H](CO)NC(=O)[C@@H](N)Cc1ccc(O)cc1)C(=O)N[C@@H](CC(=O)O)C(=O)N[C@@H](CCSC)C(=O)N[C@H](C(=O)O)[C@@H](C)O. The number of carbonyl (C=O) groups is 19. The number of rotatable bonds is 62. The van der Waals surface area contributed by atoms with Gasteiger partial charge in [0.25, 0.3) is 0 Å². The minimum Gasteiger partial charge on any atom is -0.508 e. The number of hydrogen-bond donors (Lipinski definition) is 27. The lowest BCUT2D eigenvalue weighted by Gasteiger charge is -2.29. The van der Waals surface area contributed by atoms with Crippen molar-refractivity contribution >= 4 is 130 Å². The van der Waals surface area contributed by atoms with Gasteiger partial charge >= 0.3 is 17.9 Å². The Morgan fingerprint density at radius 2 is 0.858 bits per heavy atom. The number of phenols is 1. The van der Waals surface area contributed by atoms with Crippen LogP contribution in [-0.2, 0) is 104 Å². The fourth-order valence-corrected chi connectivity index (χ4v) is 12.9. The topological polar surface area (TPSA) is 780 Å². The molecule has 16 atom stereocenters. The molecule has 0 fully saturated rings. The van der Waals surface area contributed by atoms with Gasteiger partial charge in [-0.25, -0.2) is 4.79 Å². The third kappa shape index (κ3) is 43.4. The number of nitrogens with two attached hydrogens (primary N) is 5.